The normalized spacial score (nSPS) is 13.6. The van der Waals surface area contributed by atoms with Gasteiger partial charge in [0, 0.05) is 15.7 Å². The maximum Gasteiger partial charge on any atom is 0.0489 e. The molecule has 0 bridgehead atoms. The molecule has 15 heavy (non-hydrogen) atoms. The van der Waals surface area contributed by atoms with E-state index in [-0.39, 0.29) is 10.8 Å². The molecule has 0 aromatic heterocycles. The second-order valence-electron chi connectivity index (χ2n) is 4.51. The summed E-state index contributed by atoms with van der Waals surface area (Å²) < 4.78 is 0.205. The molecule has 0 heterocycles. The number of hydrogen-bond acceptors (Lipinski definition) is 2. The minimum atomic E-state index is -0.0731. The van der Waals surface area contributed by atoms with Crippen LogP contribution in [0.1, 0.15) is 32.4 Å². The third-order valence-electron chi connectivity index (χ3n) is 1.95. The summed E-state index contributed by atoms with van der Waals surface area (Å²) in [6.45, 7) is 10.3. The monoisotopic (exact) mass is 221 g/mol. The van der Waals surface area contributed by atoms with Gasteiger partial charge in [0.25, 0.3) is 0 Å². The average Bonchev–Trinajstić information content (AvgIpc) is 2.15. The van der Waals surface area contributed by atoms with Crippen molar-refractivity contribution in [1.29, 1.82) is 0 Å². The van der Waals surface area contributed by atoms with Gasteiger partial charge < -0.3 is 5.73 Å². The fourth-order valence-corrected chi connectivity index (χ4v) is 2.43. The van der Waals surface area contributed by atoms with Crippen LogP contribution in [-0.2, 0) is 0 Å². The van der Waals surface area contributed by atoms with Crippen molar-refractivity contribution in [2.45, 2.75) is 36.5 Å². The minimum Gasteiger partial charge on any atom is -0.321 e. The number of thioether (sulfide) groups is 1. The second-order valence-corrected chi connectivity index (χ2v) is 6.38. The van der Waals surface area contributed by atoms with E-state index in [0.29, 0.717) is 0 Å². The van der Waals surface area contributed by atoms with Crippen LogP contribution in [0.4, 0.5) is 0 Å². The lowest BCUT2D eigenvalue weighted by Crippen LogP contribution is -2.11. The van der Waals surface area contributed by atoms with Crippen molar-refractivity contribution in [3.8, 4) is 0 Å². The predicted molar refractivity (Wildman–Crippen MR) is 69.2 cm³/mol. The molecule has 0 saturated heterocycles. The highest BCUT2D eigenvalue weighted by atomic mass is 32.2. The molecule has 1 atom stereocenters. The zero-order chi connectivity index (χ0) is 11.5. The maximum absolute atomic E-state index is 5.98. The van der Waals surface area contributed by atoms with Crippen molar-refractivity contribution in [3.63, 3.8) is 0 Å². The van der Waals surface area contributed by atoms with Crippen molar-refractivity contribution in [2.75, 3.05) is 0 Å². The summed E-state index contributed by atoms with van der Waals surface area (Å²) in [6.07, 6.45) is 1.78. The van der Waals surface area contributed by atoms with Gasteiger partial charge in [-0.05, 0) is 11.6 Å². The fraction of sp³-hybridized carbons (Fsp3) is 0.385. The zero-order valence-electron chi connectivity index (χ0n) is 9.66. The molecule has 0 spiro atoms. The highest BCUT2D eigenvalue weighted by molar-refractivity contribution is 8.00. The Labute approximate surface area is 96.8 Å². The van der Waals surface area contributed by atoms with Crippen molar-refractivity contribution in [1.82, 2.24) is 0 Å². The summed E-state index contributed by atoms with van der Waals surface area (Å²) >= 11 is 1.84. The molecule has 0 radical (unpaired) electrons. The number of nitrogens with two attached hydrogens (primary N) is 1. The molecule has 0 saturated carbocycles. The highest BCUT2D eigenvalue weighted by Gasteiger charge is 2.16. The van der Waals surface area contributed by atoms with Crippen molar-refractivity contribution >= 4 is 11.8 Å². The molecule has 1 aromatic rings. The van der Waals surface area contributed by atoms with Gasteiger partial charge in [-0.25, -0.2) is 0 Å². The largest absolute Gasteiger partial charge is 0.321 e. The average molecular weight is 221 g/mol. The fourth-order valence-electron chi connectivity index (χ4n) is 1.31. The molecule has 0 aliphatic rings. The number of hydrogen-bond donors (Lipinski definition) is 1. The Morgan fingerprint density at radius 1 is 1.33 bits per heavy atom. The van der Waals surface area contributed by atoms with Crippen LogP contribution in [-0.4, -0.2) is 4.75 Å². The molecular weight excluding hydrogens is 202 g/mol. The number of benzene rings is 1. The van der Waals surface area contributed by atoms with Gasteiger partial charge in [0.2, 0.25) is 0 Å². The van der Waals surface area contributed by atoms with E-state index in [1.165, 1.54) is 4.90 Å². The van der Waals surface area contributed by atoms with Crippen LogP contribution >= 0.6 is 11.8 Å². The van der Waals surface area contributed by atoms with Crippen LogP contribution < -0.4 is 5.73 Å². The molecular formula is C13H19NS. The van der Waals surface area contributed by atoms with E-state index in [0.717, 1.165) is 5.56 Å². The molecule has 1 nitrogen and oxygen atoms in total. The van der Waals surface area contributed by atoms with Gasteiger partial charge in [0.05, 0.1) is 0 Å². The van der Waals surface area contributed by atoms with Gasteiger partial charge in [-0.3, -0.25) is 0 Å². The lowest BCUT2D eigenvalue weighted by molar-refractivity contribution is 0.798. The van der Waals surface area contributed by atoms with Crippen LogP contribution in [0.25, 0.3) is 0 Å². The first-order valence-corrected chi connectivity index (χ1v) is 5.92. The number of rotatable bonds is 3. The van der Waals surface area contributed by atoms with Gasteiger partial charge in [-0.2, -0.15) is 0 Å². The van der Waals surface area contributed by atoms with Crippen LogP contribution in [0.15, 0.2) is 41.8 Å². The van der Waals surface area contributed by atoms with E-state index in [1.54, 1.807) is 6.08 Å². The second kappa shape index (κ2) is 4.86. The van der Waals surface area contributed by atoms with Crippen molar-refractivity contribution < 1.29 is 0 Å². The molecule has 2 N–H and O–H groups in total. The van der Waals surface area contributed by atoms with Crippen LogP contribution in [0.3, 0.4) is 0 Å². The zero-order valence-corrected chi connectivity index (χ0v) is 10.5. The summed E-state index contributed by atoms with van der Waals surface area (Å²) in [4.78, 5) is 1.25. The van der Waals surface area contributed by atoms with E-state index in [1.807, 2.05) is 23.9 Å². The molecule has 1 rings (SSSR count). The summed E-state index contributed by atoms with van der Waals surface area (Å²) in [5.74, 6) is 0. The molecule has 0 amide bonds. The first-order valence-electron chi connectivity index (χ1n) is 5.10. The van der Waals surface area contributed by atoms with E-state index in [4.69, 9.17) is 5.73 Å². The summed E-state index contributed by atoms with van der Waals surface area (Å²) in [5.41, 5.74) is 7.14. The van der Waals surface area contributed by atoms with Crippen molar-refractivity contribution in [2.24, 2.45) is 5.73 Å². The SMILES string of the molecule is C=C[C@@H](N)c1ccccc1SC(C)(C)C. The highest BCUT2D eigenvalue weighted by Crippen LogP contribution is 2.35. The smallest absolute Gasteiger partial charge is 0.0489 e. The third-order valence-corrected chi connectivity index (χ3v) is 3.15. The van der Waals surface area contributed by atoms with Gasteiger partial charge in [-0.1, -0.05) is 45.0 Å². The van der Waals surface area contributed by atoms with Crippen LogP contribution in [0.2, 0.25) is 0 Å². The van der Waals surface area contributed by atoms with Gasteiger partial charge >= 0.3 is 0 Å². The van der Waals surface area contributed by atoms with E-state index in [2.05, 4.69) is 39.5 Å². The Bertz CT molecular complexity index is 339. The Kier molecular flexibility index (Phi) is 4.00. The maximum atomic E-state index is 5.98. The Morgan fingerprint density at radius 3 is 2.47 bits per heavy atom. The van der Waals surface area contributed by atoms with Crippen LogP contribution in [0.5, 0.6) is 0 Å². The molecule has 0 unspecified atom stereocenters. The first-order chi connectivity index (χ1) is 6.94. The quantitative estimate of drug-likeness (QED) is 0.621. The molecule has 1 aromatic carbocycles. The minimum absolute atomic E-state index is 0.0731. The third kappa shape index (κ3) is 3.73. The Hall–Kier alpha value is -0.730. The first kappa shape index (κ1) is 12.3. The van der Waals surface area contributed by atoms with Gasteiger partial charge in [0.15, 0.2) is 0 Å². The topological polar surface area (TPSA) is 26.0 Å². The summed E-state index contributed by atoms with van der Waals surface area (Å²) in [6, 6.07) is 8.18. The molecule has 0 aliphatic carbocycles. The summed E-state index contributed by atoms with van der Waals surface area (Å²) in [7, 11) is 0. The van der Waals surface area contributed by atoms with Gasteiger partial charge in [-0.15, -0.1) is 18.3 Å². The molecule has 82 valence electrons. The lowest BCUT2D eigenvalue weighted by atomic mass is 10.1. The predicted octanol–water partition coefficient (Wildman–Crippen LogP) is 3.76. The molecule has 0 aliphatic heterocycles. The van der Waals surface area contributed by atoms with E-state index in [9.17, 15) is 0 Å². The van der Waals surface area contributed by atoms with Crippen LogP contribution in [0, 0.1) is 0 Å². The standard InChI is InChI=1S/C13H19NS/c1-5-11(14)10-8-6-7-9-12(10)15-13(2,3)4/h5-9,11H,1,14H2,2-4H3/t11-/m1/s1. The summed E-state index contributed by atoms with van der Waals surface area (Å²) in [5, 5.41) is 0. The van der Waals surface area contributed by atoms with E-state index < -0.39 is 0 Å². The van der Waals surface area contributed by atoms with E-state index >= 15 is 0 Å². The lowest BCUT2D eigenvalue weighted by Gasteiger charge is -2.21. The molecule has 0 fully saturated rings. The van der Waals surface area contributed by atoms with Gasteiger partial charge in [0.1, 0.15) is 0 Å². The Morgan fingerprint density at radius 2 is 1.93 bits per heavy atom. The Balaban J connectivity index is 3.01. The molecule has 2 heteroatoms. The van der Waals surface area contributed by atoms with Crippen molar-refractivity contribution in [3.05, 3.63) is 42.5 Å².